The van der Waals surface area contributed by atoms with Crippen LogP contribution in [0, 0.1) is 69.0 Å². The van der Waals surface area contributed by atoms with Gasteiger partial charge in [-0.15, -0.1) is 70.5 Å². The molecule has 6 rings (SSSR count). The average molecular weight is 1160 g/mol. The zero-order valence-electron chi connectivity index (χ0n) is 42.1. The summed E-state index contributed by atoms with van der Waals surface area (Å²) in [6.45, 7) is 21.8. The number of hydrogen-bond acceptors (Lipinski definition) is 8. The Morgan fingerprint density at radius 3 is 1.27 bits per heavy atom. The van der Waals surface area contributed by atoms with E-state index in [1.54, 1.807) is 28.1 Å². The van der Waals surface area contributed by atoms with Crippen molar-refractivity contribution in [2.75, 3.05) is 19.6 Å². The van der Waals surface area contributed by atoms with Crippen molar-refractivity contribution in [1.82, 2.24) is 0 Å². The summed E-state index contributed by atoms with van der Waals surface area (Å²) in [5.41, 5.74) is 1.25. The summed E-state index contributed by atoms with van der Waals surface area (Å²) >= 11 is 18.8. The van der Waals surface area contributed by atoms with Crippen molar-refractivity contribution in [2.45, 2.75) is 146 Å². The van der Waals surface area contributed by atoms with Crippen LogP contribution >= 0.6 is 70.5 Å². The highest BCUT2D eigenvalue weighted by Gasteiger charge is 2.60. The highest BCUT2D eigenvalue weighted by atomic mass is 79.9. The number of methoxy groups -OCH3 is 2. The minimum absolute atomic E-state index is 0.0152. The van der Waals surface area contributed by atoms with E-state index in [4.69, 9.17) is 32.7 Å². The van der Waals surface area contributed by atoms with Crippen LogP contribution < -0.4 is 9.47 Å². The molecule has 4 saturated carbocycles. The average Bonchev–Trinajstić information content (AvgIpc) is 3.21. The lowest BCUT2D eigenvalue weighted by Gasteiger charge is -2.60. The molecule has 0 bridgehead atoms. The number of carbonyl (C=O) groups excluding carboxylic acids is 4. The molecular formula is C53H78BBr3Cl2O8. The third-order valence-electron chi connectivity index (χ3n) is 16.7. The molecule has 0 amide bonds. The van der Waals surface area contributed by atoms with Gasteiger partial charge >= 0.3 is 3.18 Å². The predicted octanol–water partition coefficient (Wildman–Crippen LogP) is 15.7. The van der Waals surface area contributed by atoms with E-state index < -0.39 is 0 Å². The van der Waals surface area contributed by atoms with Gasteiger partial charge in [0.1, 0.15) is 34.6 Å². The summed E-state index contributed by atoms with van der Waals surface area (Å²) < 4.78 is 11.2. The molecule has 0 radical (unpaired) electrons. The topological polar surface area (TPSA) is 127 Å². The SMILES string of the molecule is BrB(Br)Br.CC(=O)CC[C@H]1C[C@H]2C(C)(C)CCC[C@]2(C)[C@@H](C(=O)c2cc(O)cc(O)c2)[C@@H]1C.COc1cc(OC)cc(C(=O)[C@H]2[C@H](C)[C@@H](CCC(C)=O)C[C@H]3C(C)(C)CCC[C@]23C)c1.ClCCl. The largest absolute Gasteiger partial charge is 0.508 e. The smallest absolute Gasteiger partial charge is 0.369 e. The molecule has 0 spiro atoms. The fraction of sp³-hybridized carbons (Fsp3) is 0.698. The molecule has 0 unspecified atom stereocenters. The number of phenols is 2. The Hall–Kier alpha value is -1.60. The normalized spacial score (nSPS) is 30.1. The van der Waals surface area contributed by atoms with Crippen molar-refractivity contribution < 1.29 is 38.9 Å². The van der Waals surface area contributed by atoms with Gasteiger partial charge in [-0.1, -0.05) is 68.2 Å². The van der Waals surface area contributed by atoms with Crippen LogP contribution in [0.2, 0.25) is 0 Å². The summed E-state index contributed by atoms with van der Waals surface area (Å²) in [5.74, 6) is 3.51. The fourth-order valence-electron chi connectivity index (χ4n) is 13.7. The second kappa shape index (κ2) is 25.7. The molecule has 0 saturated heterocycles. The second-order valence-corrected chi connectivity index (χ2v) is 29.1. The van der Waals surface area contributed by atoms with Crippen molar-refractivity contribution in [1.29, 1.82) is 0 Å². The van der Waals surface area contributed by atoms with Crippen LogP contribution in [-0.2, 0) is 9.59 Å². The van der Waals surface area contributed by atoms with Crippen LogP contribution in [0.5, 0.6) is 23.0 Å². The minimum Gasteiger partial charge on any atom is -0.508 e. The number of aromatic hydroxyl groups is 2. The number of benzene rings is 2. The molecule has 376 valence electrons. The van der Waals surface area contributed by atoms with E-state index in [2.05, 4.69) is 103 Å². The van der Waals surface area contributed by atoms with Crippen LogP contribution in [0.25, 0.3) is 0 Å². The Balaban J connectivity index is 0.000000312. The van der Waals surface area contributed by atoms with Crippen LogP contribution in [-0.4, -0.2) is 56.1 Å². The van der Waals surface area contributed by atoms with Gasteiger partial charge in [-0.2, -0.15) is 0 Å². The summed E-state index contributed by atoms with van der Waals surface area (Å²) in [5, 5.41) is 20.1. The maximum absolute atomic E-state index is 14.1. The zero-order valence-corrected chi connectivity index (χ0v) is 48.4. The highest BCUT2D eigenvalue weighted by Crippen LogP contribution is 2.65. The van der Waals surface area contributed by atoms with E-state index >= 15 is 0 Å². The van der Waals surface area contributed by atoms with Crippen LogP contribution in [0.15, 0.2) is 36.4 Å². The zero-order chi connectivity index (χ0) is 50.8. The summed E-state index contributed by atoms with van der Waals surface area (Å²) in [7, 11) is 3.23. The third-order valence-corrected chi connectivity index (χ3v) is 16.7. The Morgan fingerprint density at radius 1 is 0.627 bits per heavy atom. The van der Waals surface area contributed by atoms with Crippen molar-refractivity contribution in [3.05, 3.63) is 47.5 Å². The molecule has 4 fully saturated rings. The lowest BCUT2D eigenvalue weighted by molar-refractivity contribution is -0.120. The quantitative estimate of drug-likeness (QED) is 0.122. The molecule has 4 aliphatic rings. The molecule has 67 heavy (non-hydrogen) atoms. The van der Waals surface area contributed by atoms with Crippen LogP contribution in [0.4, 0.5) is 0 Å². The van der Waals surface area contributed by atoms with Crippen LogP contribution in [0.3, 0.4) is 0 Å². The summed E-state index contributed by atoms with van der Waals surface area (Å²) in [4.78, 5) is 51.3. The van der Waals surface area contributed by atoms with Gasteiger partial charge in [0.15, 0.2) is 11.6 Å². The highest BCUT2D eigenvalue weighted by molar-refractivity contribution is 9.69. The third kappa shape index (κ3) is 15.2. The van der Waals surface area contributed by atoms with Gasteiger partial charge in [0.2, 0.25) is 0 Å². The molecule has 0 aliphatic heterocycles. The second-order valence-electron chi connectivity index (χ2n) is 21.9. The Kier molecular flexibility index (Phi) is 22.9. The first-order chi connectivity index (χ1) is 31.1. The van der Waals surface area contributed by atoms with Gasteiger partial charge in [0, 0.05) is 47.9 Å². The Bertz CT molecular complexity index is 1950. The number of rotatable bonds is 12. The van der Waals surface area contributed by atoms with E-state index in [9.17, 15) is 29.4 Å². The van der Waals surface area contributed by atoms with Gasteiger partial charge < -0.3 is 29.3 Å². The number of ether oxygens (including phenoxy) is 2. The molecule has 0 heterocycles. The first kappa shape index (κ1) is 59.7. The van der Waals surface area contributed by atoms with E-state index in [-0.39, 0.29) is 88.5 Å². The molecule has 2 aromatic carbocycles. The lowest BCUT2D eigenvalue weighted by atomic mass is 9.43. The minimum atomic E-state index is -0.181. The Morgan fingerprint density at radius 2 is 0.955 bits per heavy atom. The standard InChI is InChI=1S/C27H40O4.C25H36O4.CH2Cl2.BBr3/c1-17(28)9-10-19-15-23-26(3,4)11-8-12-27(23,5)24(18(19)2)25(29)20-13-21(30-6)16-22(14-20)31-7;1-15(26)7-8-17-13-21-24(3,4)9-6-10-25(21,5)22(16(17)2)23(29)18-11-19(27)14-20(28)12-18;2-1-3;2-1(3)4/h13-14,16,18-19,23-24H,8-12,15H2,1-7H3;11-12,14,16-17,21-22,27-28H,6-10,13H2,1-5H3;1H2;/t18-,19+,23+,24-,27+;16-,17+,21+,22-,25+;;/m11../s1. The molecule has 2 aromatic rings. The van der Waals surface area contributed by atoms with Crippen molar-refractivity contribution in [3.8, 4) is 23.0 Å². The van der Waals surface area contributed by atoms with E-state index in [1.165, 1.54) is 24.6 Å². The van der Waals surface area contributed by atoms with E-state index in [1.807, 2.05) is 18.2 Å². The van der Waals surface area contributed by atoms with Gasteiger partial charge in [-0.3, -0.25) is 9.59 Å². The molecule has 8 nitrogen and oxygen atoms in total. The number of carbonyl (C=O) groups is 4. The number of ketones is 4. The number of alkyl halides is 2. The first-order valence-corrected chi connectivity index (χ1v) is 27.8. The number of fused-ring (bicyclic) bond motifs is 2. The van der Waals surface area contributed by atoms with E-state index in [0.29, 0.717) is 59.1 Å². The molecule has 2 N–H and O–H groups in total. The number of halogens is 5. The Labute approximate surface area is 437 Å². The molecule has 10 atom stereocenters. The molecular weight excluding hydrogens is 1090 g/mol. The molecule has 14 heteroatoms. The number of Topliss-reactive ketones (excluding diaryl/α,β-unsaturated/α-hetero) is 4. The van der Waals surface area contributed by atoms with Gasteiger partial charge in [-0.05, 0) is 147 Å². The maximum atomic E-state index is 14.1. The molecule has 4 aliphatic carbocycles. The predicted molar refractivity (Wildman–Crippen MR) is 287 cm³/mol. The summed E-state index contributed by atoms with van der Waals surface area (Å²) in [6.07, 6.45) is 11.8. The molecule has 0 aromatic heterocycles. The lowest BCUT2D eigenvalue weighted by Crippen LogP contribution is -2.56. The summed E-state index contributed by atoms with van der Waals surface area (Å²) in [6, 6.07) is 9.71. The first-order valence-electron chi connectivity index (χ1n) is 24.0. The van der Waals surface area contributed by atoms with Crippen molar-refractivity contribution in [2.24, 2.45) is 69.0 Å². The number of hydrogen-bond donors (Lipinski definition) is 2. The fourth-order valence-corrected chi connectivity index (χ4v) is 13.7. The maximum Gasteiger partial charge on any atom is 0.369 e. The number of phenolic OH excluding ortho intramolecular Hbond substituents is 2. The van der Waals surface area contributed by atoms with E-state index in [0.717, 1.165) is 57.8 Å². The van der Waals surface area contributed by atoms with Crippen molar-refractivity contribution in [3.63, 3.8) is 0 Å². The van der Waals surface area contributed by atoms with Gasteiger partial charge in [0.05, 0.1) is 19.6 Å². The van der Waals surface area contributed by atoms with Gasteiger partial charge in [-0.25, -0.2) is 0 Å². The monoisotopic (exact) mass is 1160 g/mol. The van der Waals surface area contributed by atoms with Crippen molar-refractivity contribution >= 4 is 96.8 Å². The van der Waals surface area contributed by atoms with Crippen LogP contribution in [0.1, 0.15) is 167 Å². The van der Waals surface area contributed by atoms with Gasteiger partial charge in [0.25, 0.3) is 0 Å².